The largest absolute Gasteiger partial charge is 0.397 e. The zero-order valence-electron chi connectivity index (χ0n) is 9.90. The van der Waals surface area contributed by atoms with Crippen molar-refractivity contribution < 1.29 is 17.2 Å². The molecule has 0 unspecified atom stereocenters. The molecule has 0 amide bonds. The van der Waals surface area contributed by atoms with Crippen LogP contribution >= 0.6 is 15.9 Å². The highest BCUT2D eigenvalue weighted by Gasteiger charge is 2.20. The molecule has 0 saturated carbocycles. The highest BCUT2D eigenvalue weighted by Crippen LogP contribution is 2.25. The van der Waals surface area contributed by atoms with Crippen LogP contribution in [0.15, 0.2) is 45.8 Å². The molecule has 0 fully saturated rings. The summed E-state index contributed by atoms with van der Waals surface area (Å²) in [6.45, 7) is 0. The molecule has 2 aromatic carbocycles. The summed E-state index contributed by atoms with van der Waals surface area (Å²) in [7, 11) is -4.19. The van der Waals surface area contributed by atoms with Gasteiger partial charge in [-0.05, 0) is 30.3 Å². The van der Waals surface area contributed by atoms with Crippen LogP contribution in [0.4, 0.5) is 20.2 Å². The fraction of sp³-hybridized carbons (Fsp3) is 0. The average molecular weight is 363 g/mol. The predicted octanol–water partition coefficient (Wildman–Crippen LogP) is 3.11. The Morgan fingerprint density at radius 3 is 2.45 bits per heavy atom. The fourth-order valence-corrected chi connectivity index (χ4v) is 2.98. The van der Waals surface area contributed by atoms with Crippen LogP contribution in [0.1, 0.15) is 0 Å². The maximum Gasteiger partial charge on any atom is 0.264 e. The third-order valence-corrected chi connectivity index (χ3v) is 4.34. The van der Waals surface area contributed by atoms with E-state index in [0.29, 0.717) is 4.47 Å². The van der Waals surface area contributed by atoms with E-state index in [1.54, 1.807) is 0 Å². The summed E-state index contributed by atoms with van der Waals surface area (Å²) in [6, 6.07) is 6.72. The number of nitrogen functional groups attached to an aromatic ring is 1. The molecule has 2 aromatic rings. The van der Waals surface area contributed by atoms with E-state index in [2.05, 4.69) is 20.7 Å². The van der Waals surface area contributed by atoms with Crippen molar-refractivity contribution in [3.05, 3.63) is 52.5 Å². The minimum atomic E-state index is -4.19. The Hall–Kier alpha value is -1.67. The first kappa shape index (κ1) is 14.7. The van der Waals surface area contributed by atoms with E-state index in [1.165, 1.54) is 12.1 Å². The number of benzene rings is 2. The third-order valence-electron chi connectivity index (χ3n) is 2.44. The number of anilines is 2. The van der Waals surface area contributed by atoms with Crippen LogP contribution in [0, 0.1) is 11.6 Å². The van der Waals surface area contributed by atoms with Gasteiger partial charge in [0.05, 0.1) is 11.4 Å². The van der Waals surface area contributed by atoms with Crippen LogP contribution in [0.5, 0.6) is 0 Å². The number of nitrogens with two attached hydrogens (primary N) is 1. The highest BCUT2D eigenvalue weighted by molar-refractivity contribution is 9.10. The SMILES string of the molecule is Nc1ccc(F)cc1NS(=O)(=O)c1ccc(Br)cc1F. The van der Waals surface area contributed by atoms with Crippen molar-refractivity contribution in [1.82, 2.24) is 0 Å². The molecule has 0 spiro atoms. The van der Waals surface area contributed by atoms with E-state index in [-0.39, 0.29) is 11.4 Å². The third kappa shape index (κ3) is 3.07. The van der Waals surface area contributed by atoms with Crippen molar-refractivity contribution >= 4 is 37.3 Å². The molecule has 4 nitrogen and oxygen atoms in total. The van der Waals surface area contributed by atoms with Gasteiger partial charge in [0.15, 0.2) is 0 Å². The standard InChI is InChI=1S/C12H9BrF2N2O2S/c13-7-1-4-12(9(15)5-7)20(18,19)17-11-6-8(14)2-3-10(11)16/h1-6,17H,16H2. The Kier molecular flexibility index (Phi) is 3.96. The van der Waals surface area contributed by atoms with Crippen LogP contribution in [0.3, 0.4) is 0 Å². The minimum Gasteiger partial charge on any atom is -0.397 e. The lowest BCUT2D eigenvalue weighted by Gasteiger charge is -2.11. The smallest absolute Gasteiger partial charge is 0.264 e. The number of sulfonamides is 1. The predicted molar refractivity (Wildman–Crippen MR) is 75.7 cm³/mol. The average Bonchev–Trinajstić information content (AvgIpc) is 2.33. The second kappa shape index (κ2) is 5.37. The molecule has 0 heterocycles. The van der Waals surface area contributed by atoms with Crippen LogP contribution in [-0.2, 0) is 10.0 Å². The second-order valence-electron chi connectivity index (χ2n) is 3.91. The number of nitrogens with one attached hydrogen (secondary N) is 1. The van der Waals surface area contributed by atoms with Gasteiger partial charge in [-0.15, -0.1) is 0 Å². The lowest BCUT2D eigenvalue weighted by atomic mass is 10.3. The molecule has 0 saturated heterocycles. The molecule has 2 rings (SSSR count). The Bertz CT molecular complexity index is 766. The molecule has 0 bridgehead atoms. The molecular weight excluding hydrogens is 354 g/mol. The summed E-state index contributed by atoms with van der Waals surface area (Å²) in [6.07, 6.45) is 0. The normalized spacial score (nSPS) is 11.3. The second-order valence-corrected chi connectivity index (χ2v) is 6.48. The number of halogens is 3. The van der Waals surface area contributed by atoms with Gasteiger partial charge in [0, 0.05) is 10.5 Å². The van der Waals surface area contributed by atoms with Gasteiger partial charge in [0.2, 0.25) is 0 Å². The van der Waals surface area contributed by atoms with E-state index < -0.39 is 26.6 Å². The Morgan fingerprint density at radius 1 is 1.10 bits per heavy atom. The van der Waals surface area contributed by atoms with Gasteiger partial charge < -0.3 is 5.73 Å². The first-order valence-electron chi connectivity index (χ1n) is 5.32. The quantitative estimate of drug-likeness (QED) is 0.824. The summed E-state index contributed by atoms with van der Waals surface area (Å²) in [5.74, 6) is -1.59. The number of rotatable bonds is 3. The Morgan fingerprint density at radius 2 is 1.80 bits per heavy atom. The van der Waals surface area contributed by atoms with E-state index >= 15 is 0 Å². The summed E-state index contributed by atoms with van der Waals surface area (Å²) in [5.41, 5.74) is 5.43. The molecule has 8 heteroatoms. The maximum absolute atomic E-state index is 13.7. The van der Waals surface area contributed by atoms with Crippen LogP contribution in [-0.4, -0.2) is 8.42 Å². The number of hydrogen-bond acceptors (Lipinski definition) is 3. The van der Waals surface area contributed by atoms with E-state index in [4.69, 9.17) is 5.73 Å². The lowest BCUT2D eigenvalue weighted by Crippen LogP contribution is -2.15. The van der Waals surface area contributed by atoms with Crippen molar-refractivity contribution in [2.24, 2.45) is 0 Å². The molecule has 0 atom stereocenters. The molecule has 3 N–H and O–H groups in total. The van der Waals surface area contributed by atoms with Gasteiger partial charge in [-0.2, -0.15) is 0 Å². The lowest BCUT2D eigenvalue weighted by molar-refractivity contribution is 0.570. The van der Waals surface area contributed by atoms with E-state index in [0.717, 1.165) is 24.3 Å². The molecular formula is C12H9BrF2N2O2S. The van der Waals surface area contributed by atoms with Crippen molar-refractivity contribution in [1.29, 1.82) is 0 Å². The first-order valence-corrected chi connectivity index (χ1v) is 7.60. The summed E-state index contributed by atoms with van der Waals surface area (Å²) >= 11 is 3.03. The number of hydrogen-bond donors (Lipinski definition) is 2. The van der Waals surface area contributed by atoms with Gasteiger partial charge in [0.25, 0.3) is 10.0 Å². The minimum absolute atomic E-state index is 0.0347. The van der Waals surface area contributed by atoms with Gasteiger partial charge in [-0.3, -0.25) is 4.72 Å². The van der Waals surface area contributed by atoms with Crippen molar-refractivity contribution in [3.8, 4) is 0 Å². The zero-order valence-corrected chi connectivity index (χ0v) is 12.3. The summed E-state index contributed by atoms with van der Waals surface area (Å²) in [5, 5.41) is 0. The maximum atomic E-state index is 13.7. The Labute approximate surface area is 122 Å². The molecule has 106 valence electrons. The molecule has 0 aliphatic rings. The highest BCUT2D eigenvalue weighted by atomic mass is 79.9. The molecule has 20 heavy (non-hydrogen) atoms. The Balaban J connectivity index is 2.43. The zero-order chi connectivity index (χ0) is 14.9. The summed E-state index contributed by atoms with van der Waals surface area (Å²) < 4.78 is 53.3. The van der Waals surface area contributed by atoms with Gasteiger partial charge >= 0.3 is 0 Å². The van der Waals surface area contributed by atoms with Crippen LogP contribution in [0.2, 0.25) is 0 Å². The topological polar surface area (TPSA) is 72.2 Å². The monoisotopic (exact) mass is 362 g/mol. The molecule has 0 radical (unpaired) electrons. The fourth-order valence-electron chi connectivity index (χ4n) is 1.51. The van der Waals surface area contributed by atoms with Gasteiger partial charge in [-0.1, -0.05) is 15.9 Å². The molecule has 0 aliphatic heterocycles. The summed E-state index contributed by atoms with van der Waals surface area (Å²) in [4.78, 5) is -0.552. The molecule has 0 aliphatic carbocycles. The van der Waals surface area contributed by atoms with Crippen molar-refractivity contribution in [2.45, 2.75) is 4.90 Å². The van der Waals surface area contributed by atoms with Crippen LogP contribution in [0.25, 0.3) is 0 Å². The van der Waals surface area contributed by atoms with Crippen molar-refractivity contribution in [2.75, 3.05) is 10.5 Å². The van der Waals surface area contributed by atoms with Gasteiger partial charge in [-0.25, -0.2) is 17.2 Å². The molecule has 0 aromatic heterocycles. The first-order chi connectivity index (χ1) is 9.29. The van der Waals surface area contributed by atoms with Crippen molar-refractivity contribution in [3.63, 3.8) is 0 Å². The van der Waals surface area contributed by atoms with Crippen LogP contribution < -0.4 is 10.5 Å². The van der Waals surface area contributed by atoms with E-state index in [1.807, 2.05) is 0 Å². The van der Waals surface area contributed by atoms with E-state index in [9.17, 15) is 17.2 Å². The van der Waals surface area contributed by atoms with Gasteiger partial charge in [0.1, 0.15) is 16.5 Å².